The van der Waals surface area contributed by atoms with Gasteiger partial charge >= 0.3 is 0 Å². The maximum absolute atomic E-state index is 6.25. The van der Waals surface area contributed by atoms with Gasteiger partial charge in [-0.2, -0.15) is 0 Å². The van der Waals surface area contributed by atoms with Gasteiger partial charge in [-0.05, 0) is 67.9 Å². The van der Waals surface area contributed by atoms with Gasteiger partial charge in [0.1, 0.15) is 0 Å². The van der Waals surface area contributed by atoms with E-state index in [1.807, 2.05) is 0 Å². The fraction of sp³-hybridized carbons (Fsp3) is 1.00. The third kappa shape index (κ3) is 5.34. The molecule has 0 saturated carbocycles. The van der Waals surface area contributed by atoms with Gasteiger partial charge in [0.15, 0.2) is 0 Å². The third-order valence-electron chi connectivity index (χ3n) is 3.98. The molecule has 0 aliphatic carbocycles. The Labute approximate surface area is 125 Å². The summed E-state index contributed by atoms with van der Waals surface area (Å²) in [7, 11) is 0. The van der Waals surface area contributed by atoms with Gasteiger partial charge in [-0.1, -0.05) is 6.92 Å². The highest BCUT2D eigenvalue weighted by Crippen LogP contribution is 2.43. The van der Waals surface area contributed by atoms with Crippen LogP contribution in [0.5, 0.6) is 0 Å². The molecule has 2 unspecified atom stereocenters. The molecular formula is C17H35NO2. The highest BCUT2D eigenvalue weighted by atomic mass is 16.5. The molecule has 1 N–H and O–H groups in total. The standard InChI is InChI=1S/C17H35NO2/c1-9-10-18-14(12-19-15(2,3)4)13-11-16(5,6)20-17(13,7)8/h13-14,18H,9-12H2,1-8H3. The summed E-state index contributed by atoms with van der Waals surface area (Å²) in [5.41, 5.74) is -0.233. The van der Waals surface area contributed by atoms with Crippen molar-refractivity contribution in [2.24, 2.45) is 5.92 Å². The van der Waals surface area contributed by atoms with Crippen LogP contribution < -0.4 is 5.32 Å². The first-order chi connectivity index (χ1) is 8.97. The van der Waals surface area contributed by atoms with Crippen molar-refractivity contribution < 1.29 is 9.47 Å². The summed E-state index contributed by atoms with van der Waals surface area (Å²) in [5, 5.41) is 3.67. The Bertz CT molecular complexity index is 305. The molecule has 3 nitrogen and oxygen atoms in total. The Morgan fingerprint density at radius 3 is 2.25 bits per heavy atom. The number of ether oxygens (including phenoxy) is 2. The predicted molar refractivity (Wildman–Crippen MR) is 85.1 cm³/mol. The molecule has 0 aromatic carbocycles. The van der Waals surface area contributed by atoms with E-state index in [1.54, 1.807) is 0 Å². The summed E-state index contributed by atoms with van der Waals surface area (Å²) < 4.78 is 12.3. The van der Waals surface area contributed by atoms with Crippen LogP contribution in [0.25, 0.3) is 0 Å². The molecule has 0 amide bonds. The summed E-state index contributed by atoms with van der Waals surface area (Å²) in [5.74, 6) is 0.478. The van der Waals surface area contributed by atoms with E-state index < -0.39 is 0 Å². The average Bonchev–Trinajstić information content (AvgIpc) is 2.45. The van der Waals surface area contributed by atoms with Crippen molar-refractivity contribution in [3.63, 3.8) is 0 Å². The largest absolute Gasteiger partial charge is 0.374 e. The molecule has 1 saturated heterocycles. The number of nitrogens with one attached hydrogen (secondary N) is 1. The second-order valence-corrected chi connectivity index (χ2v) is 8.26. The summed E-state index contributed by atoms with van der Waals surface area (Å²) in [6.45, 7) is 19.1. The van der Waals surface area contributed by atoms with E-state index in [9.17, 15) is 0 Å². The van der Waals surface area contributed by atoms with Crippen molar-refractivity contribution >= 4 is 0 Å². The van der Waals surface area contributed by atoms with Crippen LogP contribution in [0, 0.1) is 5.92 Å². The van der Waals surface area contributed by atoms with Crippen LogP contribution >= 0.6 is 0 Å². The first kappa shape index (κ1) is 17.9. The van der Waals surface area contributed by atoms with E-state index in [0.29, 0.717) is 12.0 Å². The molecule has 1 aliphatic heterocycles. The van der Waals surface area contributed by atoms with Crippen molar-refractivity contribution in [2.75, 3.05) is 13.2 Å². The van der Waals surface area contributed by atoms with Crippen molar-refractivity contribution in [1.82, 2.24) is 5.32 Å². The van der Waals surface area contributed by atoms with E-state index in [4.69, 9.17) is 9.47 Å². The summed E-state index contributed by atoms with van der Waals surface area (Å²) >= 11 is 0. The van der Waals surface area contributed by atoms with Gasteiger partial charge in [-0.3, -0.25) is 0 Å². The summed E-state index contributed by atoms with van der Waals surface area (Å²) in [6, 6.07) is 0.353. The number of hydrogen-bond donors (Lipinski definition) is 1. The van der Waals surface area contributed by atoms with Crippen LogP contribution in [0.1, 0.15) is 68.2 Å². The molecule has 20 heavy (non-hydrogen) atoms. The number of hydrogen-bond acceptors (Lipinski definition) is 3. The Hall–Kier alpha value is -0.120. The van der Waals surface area contributed by atoms with E-state index in [0.717, 1.165) is 26.0 Å². The lowest BCUT2D eigenvalue weighted by Gasteiger charge is -2.35. The highest BCUT2D eigenvalue weighted by Gasteiger charge is 2.49. The Balaban J connectivity index is 2.76. The highest BCUT2D eigenvalue weighted by molar-refractivity contribution is 4.99. The zero-order valence-corrected chi connectivity index (χ0v) is 14.8. The molecule has 1 rings (SSSR count). The first-order valence-corrected chi connectivity index (χ1v) is 8.04. The fourth-order valence-corrected chi connectivity index (χ4v) is 3.22. The van der Waals surface area contributed by atoms with Crippen molar-refractivity contribution in [2.45, 2.75) is 91.1 Å². The molecule has 0 aromatic heterocycles. The maximum atomic E-state index is 6.25. The molecule has 0 aromatic rings. The van der Waals surface area contributed by atoms with Crippen LogP contribution in [0.15, 0.2) is 0 Å². The van der Waals surface area contributed by atoms with Gasteiger partial charge in [-0.15, -0.1) is 0 Å². The minimum Gasteiger partial charge on any atom is -0.374 e. The van der Waals surface area contributed by atoms with E-state index >= 15 is 0 Å². The van der Waals surface area contributed by atoms with E-state index in [-0.39, 0.29) is 16.8 Å². The van der Waals surface area contributed by atoms with Crippen LogP contribution in [0.3, 0.4) is 0 Å². The van der Waals surface area contributed by atoms with Gasteiger partial charge < -0.3 is 14.8 Å². The lowest BCUT2D eigenvalue weighted by molar-refractivity contribution is -0.0857. The minimum absolute atomic E-state index is 0.0396. The maximum Gasteiger partial charge on any atom is 0.0678 e. The smallest absolute Gasteiger partial charge is 0.0678 e. The van der Waals surface area contributed by atoms with Gasteiger partial charge in [-0.25, -0.2) is 0 Å². The minimum atomic E-state index is -0.101. The normalized spacial score (nSPS) is 26.7. The van der Waals surface area contributed by atoms with Gasteiger partial charge in [0.25, 0.3) is 0 Å². The molecule has 3 heteroatoms. The Kier molecular flexibility index (Phi) is 5.67. The molecular weight excluding hydrogens is 250 g/mol. The second-order valence-electron chi connectivity index (χ2n) is 8.26. The van der Waals surface area contributed by atoms with Crippen LogP contribution in [0.2, 0.25) is 0 Å². The molecule has 0 bridgehead atoms. The predicted octanol–water partition coefficient (Wildman–Crippen LogP) is 3.76. The van der Waals surface area contributed by atoms with E-state index in [1.165, 1.54) is 0 Å². The summed E-state index contributed by atoms with van der Waals surface area (Å²) in [6.07, 6.45) is 2.22. The molecule has 1 heterocycles. The second kappa shape index (κ2) is 6.33. The Morgan fingerprint density at radius 2 is 1.85 bits per heavy atom. The Morgan fingerprint density at radius 1 is 1.25 bits per heavy atom. The van der Waals surface area contributed by atoms with Gasteiger partial charge in [0, 0.05) is 12.0 Å². The zero-order valence-electron chi connectivity index (χ0n) is 14.8. The van der Waals surface area contributed by atoms with Gasteiger partial charge in [0.05, 0.1) is 23.4 Å². The van der Waals surface area contributed by atoms with E-state index in [2.05, 4.69) is 60.7 Å². The fourth-order valence-electron chi connectivity index (χ4n) is 3.22. The lowest BCUT2D eigenvalue weighted by Crippen LogP contribution is -2.48. The topological polar surface area (TPSA) is 30.5 Å². The van der Waals surface area contributed by atoms with Crippen LogP contribution in [-0.4, -0.2) is 36.0 Å². The summed E-state index contributed by atoms with van der Waals surface area (Å²) in [4.78, 5) is 0. The third-order valence-corrected chi connectivity index (χ3v) is 3.98. The molecule has 0 spiro atoms. The van der Waals surface area contributed by atoms with Crippen LogP contribution in [-0.2, 0) is 9.47 Å². The SMILES string of the molecule is CCCNC(COC(C)(C)C)C1CC(C)(C)OC1(C)C. The lowest BCUT2D eigenvalue weighted by atomic mass is 9.81. The first-order valence-electron chi connectivity index (χ1n) is 8.04. The molecule has 2 atom stereocenters. The van der Waals surface area contributed by atoms with Crippen molar-refractivity contribution in [3.8, 4) is 0 Å². The average molecular weight is 285 g/mol. The molecule has 0 radical (unpaired) electrons. The van der Waals surface area contributed by atoms with Gasteiger partial charge in [0.2, 0.25) is 0 Å². The van der Waals surface area contributed by atoms with Crippen molar-refractivity contribution in [1.29, 1.82) is 0 Å². The molecule has 120 valence electrons. The zero-order chi connectivity index (χ0) is 15.6. The molecule has 1 fully saturated rings. The quantitative estimate of drug-likeness (QED) is 0.806. The molecule has 1 aliphatic rings. The van der Waals surface area contributed by atoms with Crippen LogP contribution in [0.4, 0.5) is 0 Å². The monoisotopic (exact) mass is 285 g/mol. The van der Waals surface area contributed by atoms with Crippen molar-refractivity contribution in [3.05, 3.63) is 0 Å². The number of rotatable bonds is 6.